The summed E-state index contributed by atoms with van der Waals surface area (Å²) < 4.78 is 5.73. The van der Waals surface area contributed by atoms with E-state index in [1.807, 2.05) is 59.1 Å². The van der Waals surface area contributed by atoms with Gasteiger partial charge in [-0.2, -0.15) is 16.7 Å². The van der Waals surface area contributed by atoms with Crippen LogP contribution in [0.5, 0.6) is 5.75 Å². The molecule has 0 spiro atoms. The second-order valence-electron chi connectivity index (χ2n) is 10.6. The average molecular weight is 586 g/mol. The lowest BCUT2D eigenvalue weighted by molar-refractivity contribution is -0.125. The lowest BCUT2D eigenvalue weighted by atomic mass is 10.1. The summed E-state index contributed by atoms with van der Waals surface area (Å²) in [6.45, 7) is 7.50. The third kappa shape index (κ3) is 5.74. The van der Waals surface area contributed by atoms with Gasteiger partial charge in [0.1, 0.15) is 11.6 Å². The molecule has 1 N–H and O–H groups in total. The minimum absolute atomic E-state index is 0.129. The highest BCUT2D eigenvalue weighted by Crippen LogP contribution is 2.35. The molecular weight excluding hydrogens is 550 g/mol. The molecule has 42 heavy (non-hydrogen) atoms. The quantitative estimate of drug-likeness (QED) is 0.386. The Morgan fingerprint density at radius 2 is 1.98 bits per heavy atom. The minimum Gasteiger partial charge on any atom is -0.494 e. The number of rotatable bonds is 8. The summed E-state index contributed by atoms with van der Waals surface area (Å²) in [6.07, 6.45) is 3.76. The molecule has 0 radical (unpaired) electrons. The van der Waals surface area contributed by atoms with Gasteiger partial charge < -0.3 is 24.8 Å². The van der Waals surface area contributed by atoms with E-state index in [4.69, 9.17) is 9.72 Å². The number of nitrogens with zero attached hydrogens (tertiary/aromatic N) is 6. The Kier molecular flexibility index (Phi) is 8.18. The van der Waals surface area contributed by atoms with Gasteiger partial charge >= 0.3 is 6.03 Å². The zero-order valence-electron chi connectivity index (χ0n) is 23.7. The van der Waals surface area contributed by atoms with Gasteiger partial charge in [-0.1, -0.05) is 36.9 Å². The highest BCUT2D eigenvalue weighted by molar-refractivity contribution is 7.99. The van der Waals surface area contributed by atoms with E-state index in [1.54, 1.807) is 23.1 Å². The predicted octanol–water partition coefficient (Wildman–Crippen LogP) is 4.51. The summed E-state index contributed by atoms with van der Waals surface area (Å²) >= 11 is 1.98. The van der Waals surface area contributed by atoms with Crippen LogP contribution in [-0.2, 0) is 17.9 Å². The van der Waals surface area contributed by atoms with Crippen LogP contribution < -0.4 is 19.9 Å². The largest absolute Gasteiger partial charge is 0.494 e. The van der Waals surface area contributed by atoms with Crippen LogP contribution in [0.2, 0.25) is 0 Å². The third-order valence-electron chi connectivity index (χ3n) is 7.95. The van der Waals surface area contributed by atoms with E-state index < -0.39 is 0 Å². The van der Waals surface area contributed by atoms with Crippen LogP contribution in [0.4, 0.5) is 27.9 Å². The number of anilines is 4. The molecule has 0 bridgehead atoms. The van der Waals surface area contributed by atoms with Crippen molar-refractivity contribution < 1.29 is 14.3 Å². The molecule has 218 valence electrons. The number of carbonyl (C=O) groups excluding carboxylic acids is 2. The number of fused-ring (bicyclic) bond motifs is 1. The predicted molar refractivity (Wildman–Crippen MR) is 167 cm³/mol. The van der Waals surface area contributed by atoms with Crippen molar-refractivity contribution in [3.63, 3.8) is 0 Å². The van der Waals surface area contributed by atoms with Gasteiger partial charge in [-0.05, 0) is 30.2 Å². The van der Waals surface area contributed by atoms with Gasteiger partial charge in [0.15, 0.2) is 0 Å². The summed E-state index contributed by atoms with van der Waals surface area (Å²) in [4.78, 5) is 43.5. The van der Waals surface area contributed by atoms with Crippen molar-refractivity contribution in [3.05, 3.63) is 78.5 Å². The standard InChI is InChI=1S/C31H35N7O3S/c1-3-28(39)36-12-11-25(21-36)38-29-23(20-37(31(38)40)19-22-7-5-4-6-8-22)18-32-30(34-29)33-26-10-9-24(17-27(26)41-2)35-13-15-42-16-14-35/h3-10,17-18,25H,1,11-16,19-21H2,2H3,(H,32,33,34)/t25-/m0/s1. The van der Waals surface area contributed by atoms with Crippen LogP contribution in [0.15, 0.2) is 67.4 Å². The Morgan fingerprint density at radius 3 is 2.74 bits per heavy atom. The van der Waals surface area contributed by atoms with Gasteiger partial charge in [0.05, 0.1) is 25.4 Å². The smallest absolute Gasteiger partial charge is 0.326 e. The van der Waals surface area contributed by atoms with E-state index >= 15 is 0 Å². The minimum atomic E-state index is -0.210. The molecule has 0 aliphatic carbocycles. The van der Waals surface area contributed by atoms with E-state index in [2.05, 4.69) is 27.8 Å². The molecule has 1 aromatic heterocycles. The van der Waals surface area contributed by atoms with Crippen LogP contribution in [0.25, 0.3) is 0 Å². The van der Waals surface area contributed by atoms with Gasteiger partial charge in [0.25, 0.3) is 0 Å². The SMILES string of the molecule is C=CC(=O)N1CC[C@H](N2C(=O)N(Cc3ccccc3)Cc3cnc(Nc4ccc(N5CCSCC5)cc4OC)nc32)C1. The Hall–Kier alpha value is -4.25. The summed E-state index contributed by atoms with van der Waals surface area (Å²) in [5.74, 6) is 3.74. The molecule has 2 fully saturated rings. The lowest BCUT2D eigenvalue weighted by Crippen LogP contribution is -2.52. The number of urea groups is 1. The van der Waals surface area contributed by atoms with Gasteiger partial charge in [-0.25, -0.2) is 9.78 Å². The maximum atomic E-state index is 14.0. The molecular formula is C31H35N7O3S. The molecule has 3 aliphatic rings. The Balaban J connectivity index is 1.29. The van der Waals surface area contributed by atoms with Crippen molar-refractivity contribution in [2.24, 2.45) is 0 Å². The summed E-state index contributed by atoms with van der Waals surface area (Å²) in [5.41, 5.74) is 3.77. The van der Waals surface area contributed by atoms with E-state index in [1.165, 1.54) is 6.08 Å². The molecule has 2 aromatic carbocycles. The maximum absolute atomic E-state index is 14.0. The molecule has 0 saturated carbocycles. The van der Waals surface area contributed by atoms with Gasteiger partial charge in [-0.15, -0.1) is 0 Å². The monoisotopic (exact) mass is 585 g/mol. The number of carbonyl (C=O) groups is 2. The van der Waals surface area contributed by atoms with Crippen molar-refractivity contribution in [3.8, 4) is 5.75 Å². The van der Waals surface area contributed by atoms with Gasteiger partial charge in [0.2, 0.25) is 11.9 Å². The molecule has 3 aliphatic heterocycles. The topological polar surface area (TPSA) is 94.1 Å². The van der Waals surface area contributed by atoms with E-state index in [0.717, 1.165) is 47.1 Å². The van der Waals surface area contributed by atoms with Crippen molar-refractivity contribution in [1.29, 1.82) is 0 Å². The number of ether oxygens (including phenoxy) is 1. The van der Waals surface area contributed by atoms with Crippen molar-refractivity contribution in [1.82, 2.24) is 19.8 Å². The molecule has 3 amide bonds. The first-order chi connectivity index (χ1) is 20.5. The Bertz CT molecular complexity index is 1460. The van der Waals surface area contributed by atoms with Gasteiger partial charge in [0, 0.05) is 67.7 Å². The molecule has 11 heteroatoms. The highest BCUT2D eigenvalue weighted by Gasteiger charge is 2.40. The summed E-state index contributed by atoms with van der Waals surface area (Å²) in [5, 5.41) is 3.32. The van der Waals surface area contributed by atoms with Crippen molar-refractivity contribution >= 4 is 46.8 Å². The molecule has 3 aromatic rings. The van der Waals surface area contributed by atoms with Crippen LogP contribution in [0.3, 0.4) is 0 Å². The number of benzene rings is 2. The fourth-order valence-electron chi connectivity index (χ4n) is 5.75. The maximum Gasteiger partial charge on any atom is 0.326 e. The molecule has 6 rings (SSSR count). The second kappa shape index (κ2) is 12.3. The number of thioether (sulfide) groups is 1. The molecule has 10 nitrogen and oxygen atoms in total. The highest BCUT2D eigenvalue weighted by atomic mass is 32.2. The first kappa shape index (κ1) is 27.9. The van der Waals surface area contributed by atoms with E-state index in [0.29, 0.717) is 50.1 Å². The number of aromatic nitrogens is 2. The number of nitrogens with one attached hydrogen (secondary N) is 1. The third-order valence-corrected chi connectivity index (χ3v) is 8.89. The second-order valence-corrected chi connectivity index (χ2v) is 11.8. The number of likely N-dealkylation sites (tertiary alicyclic amines) is 1. The number of amides is 3. The zero-order valence-corrected chi connectivity index (χ0v) is 24.6. The number of hydrogen-bond acceptors (Lipinski definition) is 8. The van der Waals surface area contributed by atoms with Crippen LogP contribution >= 0.6 is 11.8 Å². The lowest BCUT2D eigenvalue weighted by Gasteiger charge is -2.39. The Labute approximate surface area is 250 Å². The number of hydrogen-bond donors (Lipinski definition) is 1. The van der Waals surface area contributed by atoms with Gasteiger partial charge in [-0.3, -0.25) is 9.69 Å². The fourth-order valence-corrected chi connectivity index (χ4v) is 6.66. The number of methoxy groups -OCH3 is 1. The van der Waals surface area contributed by atoms with Crippen molar-refractivity contribution in [2.45, 2.75) is 25.6 Å². The zero-order chi connectivity index (χ0) is 29.1. The fraction of sp³-hybridized carbons (Fsp3) is 0.355. The molecule has 4 heterocycles. The van der Waals surface area contributed by atoms with Crippen molar-refractivity contribution in [2.75, 3.05) is 59.9 Å². The molecule has 0 unspecified atom stereocenters. The molecule has 2 saturated heterocycles. The summed E-state index contributed by atoms with van der Waals surface area (Å²) in [6, 6.07) is 15.7. The molecule has 1 atom stereocenters. The van der Waals surface area contributed by atoms with E-state index in [-0.39, 0.29) is 18.0 Å². The summed E-state index contributed by atoms with van der Waals surface area (Å²) in [7, 11) is 1.65. The first-order valence-corrected chi connectivity index (χ1v) is 15.4. The van der Waals surface area contributed by atoms with Crippen LogP contribution in [0, 0.1) is 0 Å². The average Bonchev–Trinajstić information content (AvgIpc) is 3.52. The van der Waals surface area contributed by atoms with E-state index in [9.17, 15) is 9.59 Å². The van der Waals surface area contributed by atoms with Crippen LogP contribution in [-0.4, -0.2) is 82.5 Å². The first-order valence-electron chi connectivity index (χ1n) is 14.2. The van der Waals surface area contributed by atoms with Crippen LogP contribution in [0.1, 0.15) is 17.5 Å². The Morgan fingerprint density at radius 1 is 1.17 bits per heavy atom. The normalized spacial score (nSPS) is 18.6.